The van der Waals surface area contributed by atoms with Crippen LogP contribution in [0.2, 0.25) is 0 Å². The molecule has 23 heavy (non-hydrogen) atoms. The molecule has 0 fully saturated rings. The highest BCUT2D eigenvalue weighted by Gasteiger charge is 2.28. The van der Waals surface area contributed by atoms with E-state index in [0.717, 1.165) is 11.3 Å². The molecule has 0 radical (unpaired) electrons. The molecule has 1 aromatic carbocycles. The molecular weight excluding hydrogens is 292 g/mol. The molecule has 0 saturated heterocycles. The molecule has 6 heteroatoms. The third kappa shape index (κ3) is 3.41. The van der Waals surface area contributed by atoms with E-state index in [9.17, 15) is 9.59 Å². The van der Waals surface area contributed by atoms with Gasteiger partial charge in [-0.05, 0) is 5.56 Å². The number of fused-ring (bicyclic) bond motifs is 1. The molecule has 1 aromatic heterocycles. The largest absolute Gasteiger partial charge is 0.351 e. The number of nitrogens with zero attached hydrogens (tertiary/aromatic N) is 2. The van der Waals surface area contributed by atoms with Gasteiger partial charge in [0.2, 0.25) is 5.91 Å². The molecule has 6 nitrogen and oxygen atoms in total. The molecule has 2 heterocycles. The first-order chi connectivity index (χ1) is 11.2. The van der Waals surface area contributed by atoms with Crippen molar-refractivity contribution in [2.45, 2.75) is 38.9 Å². The van der Waals surface area contributed by atoms with Crippen LogP contribution in [0.25, 0.3) is 0 Å². The lowest BCUT2D eigenvalue weighted by Crippen LogP contribution is -2.35. The fraction of sp³-hybridized carbons (Fsp3) is 0.353. The van der Waals surface area contributed by atoms with E-state index >= 15 is 0 Å². The summed E-state index contributed by atoms with van der Waals surface area (Å²) in [5.41, 5.74) is 2.53. The van der Waals surface area contributed by atoms with Gasteiger partial charge in [0, 0.05) is 19.4 Å². The summed E-state index contributed by atoms with van der Waals surface area (Å²) in [4.78, 5) is 23.9. The number of hydrogen-bond donors (Lipinski definition) is 2. The lowest BCUT2D eigenvalue weighted by Gasteiger charge is -2.10. The van der Waals surface area contributed by atoms with Crippen LogP contribution in [0, 0.1) is 0 Å². The van der Waals surface area contributed by atoms with Crippen molar-refractivity contribution in [3.8, 4) is 0 Å². The molecule has 2 amide bonds. The Balaban J connectivity index is 1.62. The molecule has 0 unspecified atom stereocenters. The summed E-state index contributed by atoms with van der Waals surface area (Å²) in [6, 6.07) is 9.80. The van der Waals surface area contributed by atoms with E-state index in [1.165, 1.54) is 0 Å². The Hall–Kier alpha value is -2.63. The molecule has 1 atom stereocenters. The van der Waals surface area contributed by atoms with Crippen LogP contribution in [-0.2, 0) is 24.3 Å². The van der Waals surface area contributed by atoms with Crippen LogP contribution in [0.4, 0.5) is 0 Å². The molecular formula is C17H20N4O2. The summed E-state index contributed by atoms with van der Waals surface area (Å²) in [6.45, 7) is 2.93. The Morgan fingerprint density at radius 2 is 2.09 bits per heavy atom. The van der Waals surface area contributed by atoms with Gasteiger partial charge in [0.15, 0.2) is 0 Å². The van der Waals surface area contributed by atoms with Crippen molar-refractivity contribution < 1.29 is 9.59 Å². The van der Waals surface area contributed by atoms with Gasteiger partial charge in [0.05, 0.1) is 30.0 Å². The van der Waals surface area contributed by atoms with Gasteiger partial charge in [-0.1, -0.05) is 37.3 Å². The van der Waals surface area contributed by atoms with Crippen LogP contribution in [0.5, 0.6) is 0 Å². The first-order valence-corrected chi connectivity index (χ1v) is 7.83. The second-order valence-corrected chi connectivity index (χ2v) is 5.68. The molecule has 0 saturated carbocycles. The Morgan fingerprint density at radius 3 is 2.83 bits per heavy atom. The highest BCUT2D eigenvalue weighted by Crippen LogP contribution is 2.19. The number of amides is 2. The molecule has 1 aliphatic rings. The molecule has 3 rings (SSSR count). The van der Waals surface area contributed by atoms with Gasteiger partial charge in [0.1, 0.15) is 0 Å². The van der Waals surface area contributed by atoms with E-state index in [1.807, 2.05) is 37.3 Å². The topological polar surface area (TPSA) is 76.0 Å². The highest BCUT2D eigenvalue weighted by molar-refractivity contribution is 5.95. The average Bonchev–Trinajstić information content (AvgIpc) is 3.13. The minimum absolute atomic E-state index is 0.0202. The normalized spacial score (nSPS) is 16.0. The summed E-state index contributed by atoms with van der Waals surface area (Å²) in [5.74, 6) is -0.103. The van der Waals surface area contributed by atoms with Crippen LogP contribution in [0.15, 0.2) is 36.5 Å². The van der Waals surface area contributed by atoms with Crippen molar-refractivity contribution in [3.63, 3.8) is 0 Å². The highest BCUT2D eigenvalue weighted by atomic mass is 16.2. The van der Waals surface area contributed by atoms with Crippen molar-refractivity contribution in [1.82, 2.24) is 20.4 Å². The molecule has 1 aliphatic heterocycles. The number of nitrogens with one attached hydrogen (secondary N) is 2. The van der Waals surface area contributed by atoms with Crippen molar-refractivity contribution in [3.05, 3.63) is 53.3 Å². The van der Waals surface area contributed by atoms with Crippen molar-refractivity contribution in [1.29, 1.82) is 0 Å². The summed E-state index contributed by atoms with van der Waals surface area (Å²) in [5, 5.41) is 10.1. The Bertz CT molecular complexity index is 709. The fourth-order valence-electron chi connectivity index (χ4n) is 2.78. The van der Waals surface area contributed by atoms with Gasteiger partial charge in [0.25, 0.3) is 5.91 Å². The van der Waals surface area contributed by atoms with Gasteiger partial charge in [-0.15, -0.1) is 0 Å². The van der Waals surface area contributed by atoms with Crippen LogP contribution in [0.3, 0.4) is 0 Å². The number of hydrogen-bond acceptors (Lipinski definition) is 3. The standard InChI is InChI=1S/C17H20N4O2/c1-2-16(22)20-13-8-15-14(10-19-21(15)11-13)17(23)18-9-12-6-4-3-5-7-12/h3-7,10,13H,2,8-9,11H2,1H3,(H,18,23)(H,20,22)/t13-/m0/s1. The monoisotopic (exact) mass is 312 g/mol. The number of carbonyl (C=O) groups is 2. The first-order valence-electron chi connectivity index (χ1n) is 7.83. The SMILES string of the molecule is CCC(=O)N[C@H]1Cc2c(C(=O)NCc3ccccc3)cnn2C1. The second kappa shape index (κ2) is 6.64. The summed E-state index contributed by atoms with van der Waals surface area (Å²) >= 11 is 0. The number of rotatable bonds is 5. The van der Waals surface area contributed by atoms with Gasteiger partial charge in [-0.3, -0.25) is 14.3 Å². The predicted molar refractivity (Wildman–Crippen MR) is 85.8 cm³/mol. The minimum atomic E-state index is -0.127. The van der Waals surface area contributed by atoms with E-state index in [1.54, 1.807) is 10.9 Å². The molecule has 2 aromatic rings. The molecule has 2 N–H and O–H groups in total. The van der Waals surface area contributed by atoms with E-state index in [2.05, 4.69) is 15.7 Å². The van der Waals surface area contributed by atoms with E-state index < -0.39 is 0 Å². The van der Waals surface area contributed by atoms with Gasteiger partial charge >= 0.3 is 0 Å². The fourth-order valence-corrected chi connectivity index (χ4v) is 2.78. The Kier molecular flexibility index (Phi) is 4.41. The van der Waals surface area contributed by atoms with E-state index in [0.29, 0.717) is 31.5 Å². The molecule has 0 aliphatic carbocycles. The molecule has 0 spiro atoms. The predicted octanol–water partition coefficient (Wildman–Crippen LogP) is 1.26. The van der Waals surface area contributed by atoms with Crippen LogP contribution < -0.4 is 10.6 Å². The third-order valence-corrected chi connectivity index (χ3v) is 4.01. The number of aromatic nitrogens is 2. The third-order valence-electron chi connectivity index (χ3n) is 4.01. The van der Waals surface area contributed by atoms with Crippen LogP contribution in [0.1, 0.15) is 35.0 Å². The van der Waals surface area contributed by atoms with Crippen LogP contribution >= 0.6 is 0 Å². The summed E-state index contributed by atoms with van der Waals surface area (Å²) < 4.78 is 1.80. The summed E-state index contributed by atoms with van der Waals surface area (Å²) in [7, 11) is 0. The van der Waals surface area contributed by atoms with Crippen molar-refractivity contribution in [2.24, 2.45) is 0 Å². The smallest absolute Gasteiger partial charge is 0.255 e. The summed E-state index contributed by atoms with van der Waals surface area (Å²) in [6.07, 6.45) is 2.70. The van der Waals surface area contributed by atoms with Gasteiger partial charge in [-0.25, -0.2) is 0 Å². The zero-order chi connectivity index (χ0) is 16.2. The lowest BCUT2D eigenvalue weighted by atomic mass is 10.1. The van der Waals surface area contributed by atoms with E-state index in [-0.39, 0.29) is 17.9 Å². The van der Waals surface area contributed by atoms with Gasteiger partial charge < -0.3 is 10.6 Å². The average molecular weight is 312 g/mol. The molecule has 120 valence electrons. The zero-order valence-corrected chi connectivity index (χ0v) is 13.1. The first kappa shape index (κ1) is 15.3. The maximum Gasteiger partial charge on any atom is 0.255 e. The molecule has 0 bridgehead atoms. The quantitative estimate of drug-likeness (QED) is 0.873. The maximum absolute atomic E-state index is 12.4. The number of carbonyl (C=O) groups excluding carboxylic acids is 2. The van der Waals surface area contributed by atoms with Crippen LogP contribution in [-0.4, -0.2) is 27.6 Å². The Labute approximate surface area is 134 Å². The van der Waals surface area contributed by atoms with Crippen molar-refractivity contribution >= 4 is 11.8 Å². The maximum atomic E-state index is 12.4. The Morgan fingerprint density at radius 1 is 1.30 bits per heavy atom. The lowest BCUT2D eigenvalue weighted by molar-refractivity contribution is -0.121. The van der Waals surface area contributed by atoms with Gasteiger partial charge in [-0.2, -0.15) is 5.10 Å². The van der Waals surface area contributed by atoms with Crippen molar-refractivity contribution in [2.75, 3.05) is 0 Å². The number of benzene rings is 1. The zero-order valence-electron chi connectivity index (χ0n) is 13.1. The van der Waals surface area contributed by atoms with E-state index in [4.69, 9.17) is 0 Å². The second-order valence-electron chi connectivity index (χ2n) is 5.68. The minimum Gasteiger partial charge on any atom is -0.351 e.